The van der Waals surface area contributed by atoms with Gasteiger partial charge in [0.25, 0.3) is 0 Å². The maximum absolute atomic E-state index is 13.2. The van der Waals surface area contributed by atoms with Crippen molar-refractivity contribution in [2.24, 2.45) is 5.92 Å². The fourth-order valence-electron chi connectivity index (χ4n) is 3.41. The summed E-state index contributed by atoms with van der Waals surface area (Å²) in [6.45, 7) is 5.74. The third-order valence-electron chi connectivity index (χ3n) is 5.23. The SMILES string of the molecule is COC(C[C@H](CCN(Cc1ccccc1)C(C)C)C(=O)NO)c1ccc(F)cc1. The van der Waals surface area contributed by atoms with Crippen molar-refractivity contribution in [2.75, 3.05) is 13.7 Å². The molecule has 0 spiro atoms. The van der Waals surface area contributed by atoms with Gasteiger partial charge in [0, 0.05) is 25.6 Å². The first-order valence-electron chi connectivity index (χ1n) is 9.94. The van der Waals surface area contributed by atoms with Crippen LogP contribution in [0.2, 0.25) is 0 Å². The van der Waals surface area contributed by atoms with Crippen LogP contribution in [-0.4, -0.2) is 35.7 Å². The van der Waals surface area contributed by atoms with Crippen LogP contribution in [0.15, 0.2) is 54.6 Å². The number of carbonyl (C=O) groups is 1. The predicted molar refractivity (Wildman–Crippen MR) is 111 cm³/mol. The van der Waals surface area contributed by atoms with Crippen molar-refractivity contribution in [3.05, 3.63) is 71.5 Å². The van der Waals surface area contributed by atoms with Gasteiger partial charge in [-0.05, 0) is 56.5 Å². The van der Waals surface area contributed by atoms with Gasteiger partial charge in [0.05, 0.1) is 6.10 Å². The summed E-state index contributed by atoms with van der Waals surface area (Å²) >= 11 is 0. The van der Waals surface area contributed by atoms with Crippen LogP contribution in [0.4, 0.5) is 4.39 Å². The van der Waals surface area contributed by atoms with Gasteiger partial charge in [-0.3, -0.25) is 14.9 Å². The molecule has 2 aromatic rings. The lowest BCUT2D eigenvalue weighted by atomic mass is 9.93. The van der Waals surface area contributed by atoms with Crippen LogP contribution in [0.3, 0.4) is 0 Å². The number of hydrogen-bond acceptors (Lipinski definition) is 4. The van der Waals surface area contributed by atoms with Crippen molar-refractivity contribution in [3.63, 3.8) is 0 Å². The minimum Gasteiger partial charge on any atom is -0.377 e. The molecule has 1 unspecified atom stereocenters. The Balaban J connectivity index is 2.06. The van der Waals surface area contributed by atoms with E-state index >= 15 is 0 Å². The molecule has 5 nitrogen and oxygen atoms in total. The Bertz CT molecular complexity index is 738. The Hall–Kier alpha value is -2.28. The van der Waals surface area contributed by atoms with Crippen LogP contribution in [0.25, 0.3) is 0 Å². The molecule has 6 heteroatoms. The second-order valence-electron chi connectivity index (χ2n) is 7.52. The maximum Gasteiger partial charge on any atom is 0.246 e. The van der Waals surface area contributed by atoms with Gasteiger partial charge >= 0.3 is 0 Å². The van der Waals surface area contributed by atoms with Gasteiger partial charge in [0.1, 0.15) is 5.82 Å². The Morgan fingerprint density at radius 3 is 2.34 bits per heavy atom. The predicted octanol–water partition coefficient (Wildman–Crippen LogP) is 4.33. The normalized spacial score (nSPS) is 13.5. The number of methoxy groups -OCH3 is 1. The number of nitrogens with zero attached hydrogens (tertiary/aromatic N) is 1. The molecular formula is C23H31FN2O3. The lowest BCUT2D eigenvalue weighted by Gasteiger charge is -2.29. The molecule has 158 valence electrons. The first kappa shape index (κ1) is 23.0. The fourth-order valence-corrected chi connectivity index (χ4v) is 3.41. The zero-order valence-electron chi connectivity index (χ0n) is 17.3. The molecule has 0 saturated heterocycles. The van der Waals surface area contributed by atoms with Crippen molar-refractivity contribution in [1.29, 1.82) is 0 Å². The minimum atomic E-state index is -0.438. The van der Waals surface area contributed by atoms with Crippen molar-refractivity contribution >= 4 is 5.91 Å². The van der Waals surface area contributed by atoms with E-state index in [2.05, 4.69) is 30.9 Å². The first-order valence-corrected chi connectivity index (χ1v) is 9.94. The highest BCUT2D eigenvalue weighted by Gasteiger charge is 2.25. The van der Waals surface area contributed by atoms with E-state index in [9.17, 15) is 14.4 Å². The summed E-state index contributed by atoms with van der Waals surface area (Å²) in [4.78, 5) is 14.6. The topological polar surface area (TPSA) is 61.8 Å². The molecule has 0 fully saturated rings. The van der Waals surface area contributed by atoms with E-state index in [1.54, 1.807) is 24.7 Å². The molecule has 29 heavy (non-hydrogen) atoms. The Kier molecular flexibility index (Phi) is 9.25. The number of hydrogen-bond donors (Lipinski definition) is 2. The summed E-state index contributed by atoms with van der Waals surface area (Å²) in [6, 6.07) is 16.6. The minimum absolute atomic E-state index is 0.309. The number of carbonyl (C=O) groups excluding carboxylic acids is 1. The maximum atomic E-state index is 13.2. The van der Waals surface area contributed by atoms with Crippen LogP contribution in [0, 0.1) is 11.7 Å². The number of amides is 1. The summed E-state index contributed by atoms with van der Waals surface area (Å²) in [7, 11) is 1.57. The third-order valence-corrected chi connectivity index (χ3v) is 5.23. The average Bonchev–Trinajstić information content (AvgIpc) is 2.73. The van der Waals surface area contributed by atoms with Crippen molar-refractivity contribution in [3.8, 4) is 0 Å². The lowest BCUT2D eigenvalue weighted by molar-refractivity contribution is -0.135. The molecule has 0 aliphatic heterocycles. The number of benzene rings is 2. The standard InChI is InChI=1S/C23H31FN2O3/c1-17(2)26(16-18-7-5-4-6-8-18)14-13-20(23(27)25-28)15-22(29-3)19-9-11-21(24)12-10-19/h4-12,17,20,22,28H,13-16H2,1-3H3,(H,25,27)/t20-,22?/m0/s1. The van der Waals surface area contributed by atoms with Gasteiger partial charge in [-0.25, -0.2) is 9.87 Å². The van der Waals surface area contributed by atoms with Gasteiger partial charge < -0.3 is 4.74 Å². The van der Waals surface area contributed by atoms with Crippen molar-refractivity contribution in [1.82, 2.24) is 10.4 Å². The summed E-state index contributed by atoms with van der Waals surface area (Å²) in [5, 5.41) is 9.20. The molecule has 0 heterocycles. The van der Waals surface area contributed by atoms with Gasteiger partial charge in [0.15, 0.2) is 0 Å². The molecule has 2 rings (SSSR count). The van der Waals surface area contributed by atoms with Crippen LogP contribution < -0.4 is 5.48 Å². The molecule has 2 N–H and O–H groups in total. The molecule has 2 aromatic carbocycles. The molecular weight excluding hydrogens is 371 g/mol. The van der Waals surface area contributed by atoms with Gasteiger partial charge in [0.2, 0.25) is 5.91 Å². The van der Waals surface area contributed by atoms with E-state index in [0.717, 1.165) is 12.1 Å². The van der Waals surface area contributed by atoms with Gasteiger partial charge in [-0.15, -0.1) is 0 Å². The summed E-state index contributed by atoms with van der Waals surface area (Å²) in [6.07, 6.45) is 0.601. The quantitative estimate of drug-likeness (QED) is 0.434. The molecule has 0 saturated carbocycles. The molecule has 2 atom stereocenters. The number of ether oxygens (including phenoxy) is 1. The molecule has 1 amide bonds. The monoisotopic (exact) mass is 402 g/mol. The second kappa shape index (κ2) is 11.7. The van der Waals surface area contributed by atoms with E-state index in [1.807, 2.05) is 18.2 Å². The molecule has 0 radical (unpaired) electrons. The number of nitrogens with one attached hydrogen (secondary N) is 1. The third kappa shape index (κ3) is 7.24. The average molecular weight is 403 g/mol. The van der Waals surface area contributed by atoms with Crippen molar-refractivity contribution < 1.29 is 19.1 Å². The molecule has 0 aromatic heterocycles. The number of rotatable bonds is 11. The van der Waals surface area contributed by atoms with Crippen molar-refractivity contribution in [2.45, 2.75) is 45.4 Å². The first-order chi connectivity index (χ1) is 13.9. The van der Waals surface area contributed by atoms with Crippen LogP contribution in [-0.2, 0) is 16.1 Å². The van der Waals surface area contributed by atoms with E-state index < -0.39 is 11.8 Å². The Labute approximate surface area is 172 Å². The van der Waals surface area contributed by atoms with Gasteiger partial charge in [-0.2, -0.15) is 0 Å². The van der Waals surface area contributed by atoms with E-state index in [1.165, 1.54) is 17.7 Å². The highest BCUT2D eigenvalue weighted by Crippen LogP contribution is 2.27. The van der Waals surface area contributed by atoms with Gasteiger partial charge in [-0.1, -0.05) is 42.5 Å². The smallest absolute Gasteiger partial charge is 0.246 e. The number of halogens is 1. The second-order valence-corrected chi connectivity index (χ2v) is 7.52. The van der Waals surface area contributed by atoms with E-state index in [4.69, 9.17) is 4.74 Å². The van der Waals surface area contributed by atoms with Crippen LogP contribution in [0.1, 0.15) is 43.9 Å². The largest absolute Gasteiger partial charge is 0.377 e. The fraction of sp³-hybridized carbons (Fsp3) is 0.435. The molecule has 0 aliphatic rings. The van der Waals surface area contributed by atoms with Crippen LogP contribution in [0.5, 0.6) is 0 Å². The Morgan fingerprint density at radius 2 is 1.79 bits per heavy atom. The highest BCUT2D eigenvalue weighted by molar-refractivity contribution is 5.77. The summed E-state index contributed by atoms with van der Waals surface area (Å²) in [5.74, 6) is -1.19. The molecule has 0 bridgehead atoms. The zero-order chi connectivity index (χ0) is 21.2. The summed E-state index contributed by atoms with van der Waals surface area (Å²) in [5.41, 5.74) is 3.80. The lowest BCUT2D eigenvalue weighted by Crippen LogP contribution is -2.36. The van der Waals surface area contributed by atoms with E-state index in [0.29, 0.717) is 25.4 Å². The van der Waals surface area contributed by atoms with E-state index in [-0.39, 0.29) is 11.9 Å². The zero-order valence-corrected chi connectivity index (χ0v) is 17.3. The summed E-state index contributed by atoms with van der Waals surface area (Å²) < 4.78 is 18.8. The Morgan fingerprint density at radius 1 is 1.14 bits per heavy atom. The van der Waals surface area contributed by atoms with Crippen LogP contribution >= 0.6 is 0 Å². The number of hydroxylamine groups is 1. The highest BCUT2D eigenvalue weighted by atomic mass is 19.1. The molecule has 0 aliphatic carbocycles.